The average molecular weight is 326 g/mol. The first-order chi connectivity index (χ1) is 12.4. The Morgan fingerprint density at radius 3 is 1.92 bits per heavy atom. The van der Waals surface area contributed by atoms with E-state index in [2.05, 4.69) is 45.9 Å². The van der Waals surface area contributed by atoms with Gasteiger partial charge in [-0.1, -0.05) is 60.7 Å². The van der Waals surface area contributed by atoms with Crippen LogP contribution in [0.5, 0.6) is 11.5 Å². The summed E-state index contributed by atoms with van der Waals surface area (Å²) in [5, 5.41) is 0. The molecule has 0 bridgehead atoms. The molecule has 0 aliphatic carbocycles. The molecule has 122 valence electrons. The van der Waals surface area contributed by atoms with Crippen LogP contribution in [-0.2, 0) is 0 Å². The Morgan fingerprint density at radius 1 is 0.680 bits per heavy atom. The van der Waals surface area contributed by atoms with Crippen molar-refractivity contribution in [3.8, 4) is 11.5 Å². The van der Waals surface area contributed by atoms with Gasteiger partial charge in [-0.25, -0.2) is 4.98 Å². The van der Waals surface area contributed by atoms with E-state index in [1.54, 1.807) is 0 Å². The highest BCUT2D eigenvalue weighted by atomic mass is 16.5. The van der Waals surface area contributed by atoms with E-state index in [4.69, 9.17) is 4.74 Å². The fourth-order valence-corrected chi connectivity index (χ4v) is 2.94. The van der Waals surface area contributed by atoms with Crippen LogP contribution >= 0.6 is 0 Å². The van der Waals surface area contributed by atoms with Gasteiger partial charge < -0.3 is 9.30 Å². The molecule has 0 amide bonds. The molecule has 1 heterocycles. The number of para-hydroxylation sites is 1. The Hall–Kier alpha value is -3.33. The molecular weight excluding hydrogens is 308 g/mol. The summed E-state index contributed by atoms with van der Waals surface area (Å²) < 4.78 is 8.00. The van der Waals surface area contributed by atoms with E-state index in [1.807, 2.05) is 67.3 Å². The van der Waals surface area contributed by atoms with Gasteiger partial charge in [-0.2, -0.15) is 0 Å². The van der Waals surface area contributed by atoms with E-state index >= 15 is 0 Å². The number of aromatic nitrogens is 2. The number of imidazole rings is 1. The molecular formula is C22H18N2O. The fraction of sp³-hybridized carbons (Fsp3) is 0.0455. The predicted molar refractivity (Wildman–Crippen MR) is 98.9 cm³/mol. The molecule has 1 unspecified atom stereocenters. The molecule has 4 aromatic rings. The summed E-state index contributed by atoms with van der Waals surface area (Å²) in [6.45, 7) is 0. The third kappa shape index (κ3) is 3.45. The smallest absolute Gasteiger partial charge is 0.127 e. The van der Waals surface area contributed by atoms with Gasteiger partial charge in [0, 0.05) is 12.4 Å². The third-order valence-corrected chi connectivity index (χ3v) is 4.11. The largest absolute Gasteiger partial charge is 0.457 e. The lowest BCUT2D eigenvalue weighted by molar-refractivity contribution is 0.482. The molecule has 3 nitrogen and oxygen atoms in total. The molecule has 0 spiro atoms. The van der Waals surface area contributed by atoms with E-state index in [9.17, 15) is 0 Å². The second-order valence-corrected chi connectivity index (χ2v) is 5.81. The monoisotopic (exact) mass is 326 g/mol. The first kappa shape index (κ1) is 15.2. The second kappa shape index (κ2) is 7.05. The molecule has 4 rings (SSSR count). The Labute approximate surface area is 147 Å². The summed E-state index contributed by atoms with van der Waals surface area (Å²) >= 11 is 0. The van der Waals surface area contributed by atoms with Crippen molar-refractivity contribution in [2.75, 3.05) is 0 Å². The van der Waals surface area contributed by atoms with Crippen LogP contribution in [0.2, 0.25) is 0 Å². The van der Waals surface area contributed by atoms with Gasteiger partial charge in [0.05, 0.1) is 12.4 Å². The van der Waals surface area contributed by atoms with Gasteiger partial charge in [-0.05, 0) is 35.4 Å². The van der Waals surface area contributed by atoms with E-state index in [-0.39, 0.29) is 6.04 Å². The maximum atomic E-state index is 5.89. The second-order valence-electron chi connectivity index (χ2n) is 5.81. The van der Waals surface area contributed by atoms with E-state index in [0.29, 0.717) is 0 Å². The minimum Gasteiger partial charge on any atom is -0.457 e. The van der Waals surface area contributed by atoms with Crippen molar-refractivity contribution in [2.24, 2.45) is 0 Å². The zero-order chi connectivity index (χ0) is 16.9. The lowest BCUT2D eigenvalue weighted by Gasteiger charge is -2.20. The van der Waals surface area contributed by atoms with Gasteiger partial charge >= 0.3 is 0 Å². The third-order valence-electron chi connectivity index (χ3n) is 4.11. The highest BCUT2D eigenvalue weighted by Crippen LogP contribution is 2.29. The predicted octanol–water partition coefficient (Wildman–Crippen LogP) is 5.31. The van der Waals surface area contributed by atoms with E-state index in [1.165, 1.54) is 11.1 Å². The average Bonchev–Trinajstić information content (AvgIpc) is 3.19. The van der Waals surface area contributed by atoms with Crippen molar-refractivity contribution in [1.29, 1.82) is 0 Å². The topological polar surface area (TPSA) is 27.1 Å². The first-order valence-corrected chi connectivity index (χ1v) is 8.25. The minimum atomic E-state index is 0.0921. The van der Waals surface area contributed by atoms with E-state index in [0.717, 1.165) is 11.5 Å². The Bertz CT molecular complexity index is 901. The summed E-state index contributed by atoms with van der Waals surface area (Å²) in [4.78, 5) is 4.21. The minimum absolute atomic E-state index is 0.0921. The first-order valence-electron chi connectivity index (χ1n) is 8.25. The number of hydrogen-bond donors (Lipinski definition) is 0. The van der Waals surface area contributed by atoms with Crippen LogP contribution in [0, 0.1) is 0 Å². The quantitative estimate of drug-likeness (QED) is 0.497. The van der Waals surface area contributed by atoms with Crippen LogP contribution in [0.1, 0.15) is 17.2 Å². The molecule has 3 aromatic carbocycles. The Balaban J connectivity index is 1.64. The molecule has 25 heavy (non-hydrogen) atoms. The standard InChI is InChI=1S/C22H18N2O/c1-3-7-18(8-4-1)22(24-16-15-23-17-24)19-11-13-21(14-12-19)25-20-9-5-2-6-10-20/h1-17,22H. The normalized spacial score (nSPS) is 11.8. The Morgan fingerprint density at radius 2 is 1.28 bits per heavy atom. The molecule has 3 heteroatoms. The van der Waals surface area contributed by atoms with Crippen molar-refractivity contribution < 1.29 is 4.74 Å². The molecule has 0 N–H and O–H groups in total. The highest BCUT2D eigenvalue weighted by molar-refractivity contribution is 5.38. The summed E-state index contributed by atoms with van der Waals surface area (Å²) in [6.07, 6.45) is 5.65. The lowest BCUT2D eigenvalue weighted by Crippen LogP contribution is -2.10. The molecule has 1 atom stereocenters. The Kier molecular flexibility index (Phi) is 4.29. The van der Waals surface area contributed by atoms with Crippen LogP contribution in [0.3, 0.4) is 0 Å². The molecule has 0 fully saturated rings. The van der Waals surface area contributed by atoms with Crippen molar-refractivity contribution in [3.05, 3.63) is 115 Å². The van der Waals surface area contributed by atoms with Gasteiger partial charge in [0.25, 0.3) is 0 Å². The SMILES string of the molecule is c1ccc(Oc2ccc(C(c3ccccc3)n3ccnc3)cc2)cc1. The van der Waals surface area contributed by atoms with Gasteiger partial charge in [0.2, 0.25) is 0 Å². The zero-order valence-electron chi connectivity index (χ0n) is 13.7. The summed E-state index contributed by atoms with van der Waals surface area (Å²) in [5.41, 5.74) is 2.40. The van der Waals surface area contributed by atoms with Crippen molar-refractivity contribution in [1.82, 2.24) is 9.55 Å². The number of ether oxygens (including phenoxy) is 1. The van der Waals surface area contributed by atoms with Crippen LogP contribution < -0.4 is 4.74 Å². The zero-order valence-corrected chi connectivity index (χ0v) is 13.7. The van der Waals surface area contributed by atoms with Crippen molar-refractivity contribution >= 4 is 0 Å². The van der Waals surface area contributed by atoms with Crippen molar-refractivity contribution in [2.45, 2.75) is 6.04 Å². The van der Waals surface area contributed by atoms with Gasteiger partial charge in [0.1, 0.15) is 11.5 Å². The van der Waals surface area contributed by atoms with Crippen molar-refractivity contribution in [3.63, 3.8) is 0 Å². The lowest BCUT2D eigenvalue weighted by atomic mass is 9.98. The number of rotatable bonds is 5. The highest BCUT2D eigenvalue weighted by Gasteiger charge is 2.15. The van der Waals surface area contributed by atoms with Gasteiger partial charge in [-0.15, -0.1) is 0 Å². The number of nitrogens with zero attached hydrogens (tertiary/aromatic N) is 2. The summed E-state index contributed by atoms with van der Waals surface area (Å²) in [5.74, 6) is 1.66. The fourth-order valence-electron chi connectivity index (χ4n) is 2.94. The summed E-state index contributed by atoms with van der Waals surface area (Å²) in [7, 11) is 0. The molecule has 1 aromatic heterocycles. The molecule has 0 radical (unpaired) electrons. The van der Waals surface area contributed by atoms with Crippen LogP contribution in [0.25, 0.3) is 0 Å². The van der Waals surface area contributed by atoms with Gasteiger partial charge in [0.15, 0.2) is 0 Å². The maximum absolute atomic E-state index is 5.89. The molecule has 0 saturated carbocycles. The molecule has 0 saturated heterocycles. The maximum Gasteiger partial charge on any atom is 0.127 e. The molecule has 0 aliphatic heterocycles. The summed E-state index contributed by atoms with van der Waals surface area (Å²) in [6, 6.07) is 28.6. The molecule has 0 aliphatic rings. The van der Waals surface area contributed by atoms with Gasteiger partial charge in [-0.3, -0.25) is 0 Å². The van der Waals surface area contributed by atoms with Crippen LogP contribution in [0.15, 0.2) is 104 Å². The van der Waals surface area contributed by atoms with E-state index < -0.39 is 0 Å². The van der Waals surface area contributed by atoms with Crippen LogP contribution in [-0.4, -0.2) is 9.55 Å². The van der Waals surface area contributed by atoms with Crippen LogP contribution in [0.4, 0.5) is 0 Å². The number of hydrogen-bond acceptors (Lipinski definition) is 2. The number of benzene rings is 3.